The Morgan fingerprint density at radius 3 is 2.41 bits per heavy atom. The predicted molar refractivity (Wildman–Crippen MR) is 104 cm³/mol. The molecule has 1 atom stereocenters. The molecule has 3 aromatic carbocycles. The van der Waals surface area contributed by atoms with Crippen molar-refractivity contribution in [3.8, 4) is 0 Å². The fourth-order valence-electron chi connectivity index (χ4n) is 2.88. The number of nitro benzene ring substituents is 1. The SMILES string of the molecule is C[C@@H](Nc1cccc2ccccc12)C(=O)Nc1ccc([N+](=O)[O-])cc1C(F)(F)F. The lowest BCUT2D eigenvalue weighted by Gasteiger charge is -2.19. The van der Waals surface area contributed by atoms with Gasteiger partial charge in [0.25, 0.3) is 5.69 Å². The highest BCUT2D eigenvalue weighted by Crippen LogP contribution is 2.37. The van der Waals surface area contributed by atoms with Crippen molar-refractivity contribution in [2.24, 2.45) is 0 Å². The third kappa shape index (κ3) is 4.45. The van der Waals surface area contributed by atoms with Gasteiger partial charge in [0.2, 0.25) is 5.91 Å². The Morgan fingerprint density at radius 2 is 1.72 bits per heavy atom. The molecule has 0 bridgehead atoms. The number of rotatable bonds is 5. The van der Waals surface area contributed by atoms with Gasteiger partial charge in [-0.1, -0.05) is 36.4 Å². The second-order valence-electron chi connectivity index (χ2n) is 6.37. The van der Waals surface area contributed by atoms with Gasteiger partial charge in [0.1, 0.15) is 6.04 Å². The molecule has 0 fully saturated rings. The lowest BCUT2D eigenvalue weighted by atomic mass is 10.1. The number of non-ortho nitro benzene ring substituents is 1. The molecule has 150 valence electrons. The van der Waals surface area contributed by atoms with Gasteiger partial charge in [-0.25, -0.2) is 0 Å². The van der Waals surface area contributed by atoms with Crippen LogP contribution in [0.15, 0.2) is 60.7 Å². The quantitative estimate of drug-likeness (QED) is 0.453. The number of halogens is 3. The Hall–Kier alpha value is -3.62. The molecule has 0 saturated carbocycles. The van der Waals surface area contributed by atoms with E-state index in [1.165, 1.54) is 6.92 Å². The predicted octanol–water partition coefficient (Wildman–Crippen LogP) is 5.21. The number of alkyl halides is 3. The maximum atomic E-state index is 13.3. The van der Waals surface area contributed by atoms with Crippen molar-refractivity contribution in [2.45, 2.75) is 19.1 Å². The highest BCUT2D eigenvalue weighted by molar-refractivity contribution is 6.00. The molecule has 9 heteroatoms. The smallest absolute Gasteiger partial charge is 0.373 e. The molecule has 2 N–H and O–H groups in total. The maximum Gasteiger partial charge on any atom is 0.418 e. The van der Waals surface area contributed by atoms with Crippen molar-refractivity contribution in [3.05, 3.63) is 76.3 Å². The second kappa shape index (κ2) is 7.78. The van der Waals surface area contributed by atoms with Gasteiger partial charge in [-0.05, 0) is 24.4 Å². The van der Waals surface area contributed by atoms with Gasteiger partial charge in [-0.15, -0.1) is 0 Å². The number of nitrogens with one attached hydrogen (secondary N) is 2. The molecule has 0 unspecified atom stereocenters. The van der Waals surface area contributed by atoms with E-state index in [2.05, 4.69) is 10.6 Å². The summed E-state index contributed by atoms with van der Waals surface area (Å²) < 4.78 is 39.8. The van der Waals surface area contributed by atoms with E-state index < -0.39 is 40.0 Å². The molecule has 3 aromatic rings. The maximum absolute atomic E-state index is 13.3. The Bertz CT molecular complexity index is 1080. The number of fused-ring (bicyclic) bond motifs is 1. The van der Waals surface area contributed by atoms with E-state index in [0.29, 0.717) is 11.8 Å². The second-order valence-corrected chi connectivity index (χ2v) is 6.37. The fraction of sp³-hybridized carbons (Fsp3) is 0.150. The Balaban J connectivity index is 1.83. The lowest BCUT2D eigenvalue weighted by molar-refractivity contribution is -0.385. The van der Waals surface area contributed by atoms with Crippen LogP contribution in [-0.2, 0) is 11.0 Å². The summed E-state index contributed by atoms with van der Waals surface area (Å²) in [5, 5.41) is 17.8. The molecule has 0 radical (unpaired) electrons. The number of amides is 1. The van der Waals surface area contributed by atoms with Crippen molar-refractivity contribution in [1.29, 1.82) is 0 Å². The number of carbonyl (C=O) groups excluding carboxylic acids is 1. The lowest BCUT2D eigenvalue weighted by Crippen LogP contribution is -2.32. The van der Waals surface area contributed by atoms with Crippen molar-refractivity contribution in [2.75, 3.05) is 10.6 Å². The average Bonchev–Trinajstić information content (AvgIpc) is 2.67. The van der Waals surface area contributed by atoms with Crippen LogP contribution in [0.4, 0.5) is 30.2 Å². The van der Waals surface area contributed by atoms with E-state index in [0.717, 1.165) is 22.9 Å². The van der Waals surface area contributed by atoms with Crippen molar-refractivity contribution in [1.82, 2.24) is 0 Å². The summed E-state index contributed by atoms with van der Waals surface area (Å²) in [6.07, 6.45) is -4.86. The Morgan fingerprint density at radius 1 is 1.03 bits per heavy atom. The van der Waals surface area contributed by atoms with Crippen LogP contribution in [0, 0.1) is 10.1 Å². The zero-order valence-electron chi connectivity index (χ0n) is 15.2. The first-order valence-electron chi connectivity index (χ1n) is 8.57. The van der Waals surface area contributed by atoms with Crippen LogP contribution in [0.1, 0.15) is 12.5 Å². The van der Waals surface area contributed by atoms with Crippen LogP contribution in [0.25, 0.3) is 10.8 Å². The molecular weight excluding hydrogens is 387 g/mol. The first kappa shape index (κ1) is 20.1. The number of anilines is 2. The minimum absolute atomic E-state index is 0.401. The monoisotopic (exact) mass is 403 g/mol. The van der Waals surface area contributed by atoms with Crippen LogP contribution in [0.2, 0.25) is 0 Å². The third-order valence-corrected chi connectivity index (χ3v) is 4.33. The first-order valence-corrected chi connectivity index (χ1v) is 8.57. The van der Waals surface area contributed by atoms with Gasteiger partial charge in [0, 0.05) is 23.2 Å². The summed E-state index contributed by atoms with van der Waals surface area (Å²) >= 11 is 0. The number of hydrogen-bond donors (Lipinski definition) is 2. The molecule has 3 rings (SSSR count). The molecule has 0 heterocycles. The van der Waals surface area contributed by atoms with E-state index in [4.69, 9.17) is 0 Å². The van der Waals surface area contributed by atoms with E-state index in [1.54, 1.807) is 12.1 Å². The molecule has 0 aliphatic carbocycles. The number of benzene rings is 3. The Kier molecular flexibility index (Phi) is 5.40. The van der Waals surface area contributed by atoms with Gasteiger partial charge >= 0.3 is 6.18 Å². The normalized spacial score (nSPS) is 12.4. The summed E-state index contributed by atoms with van der Waals surface area (Å²) in [5.74, 6) is -0.711. The first-order chi connectivity index (χ1) is 13.7. The van der Waals surface area contributed by atoms with Gasteiger partial charge in [-0.2, -0.15) is 13.2 Å². The van der Waals surface area contributed by atoms with Crippen LogP contribution >= 0.6 is 0 Å². The molecule has 0 saturated heterocycles. The van der Waals surface area contributed by atoms with Gasteiger partial charge in [-0.3, -0.25) is 14.9 Å². The molecule has 0 aliphatic rings. The highest BCUT2D eigenvalue weighted by Gasteiger charge is 2.36. The number of hydrogen-bond acceptors (Lipinski definition) is 4. The van der Waals surface area contributed by atoms with Gasteiger partial charge < -0.3 is 10.6 Å². The molecule has 0 aromatic heterocycles. The van der Waals surface area contributed by atoms with Crippen molar-refractivity contribution >= 4 is 33.7 Å². The van der Waals surface area contributed by atoms with E-state index in [9.17, 15) is 28.1 Å². The summed E-state index contributed by atoms with van der Waals surface area (Å²) in [6, 6.07) is 14.3. The van der Waals surface area contributed by atoms with Crippen LogP contribution in [0.3, 0.4) is 0 Å². The zero-order valence-corrected chi connectivity index (χ0v) is 15.2. The summed E-state index contributed by atoms with van der Waals surface area (Å²) in [7, 11) is 0. The van der Waals surface area contributed by atoms with Crippen LogP contribution in [-0.4, -0.2) is 16.9 Å². The number of nitrogens with zero attached hydrogens (tertiary/aromatic N) is 1. The molecule has 0 aliphatic heterocycles. The molecule has 29 heavy (non-hydrogen) atoms. The van der Waals surface area contributed by atoms with E-state index in [1.807, 2.05) is 30.3 Å². The number of nitro groups is 1. The van der Waals surface area contributed by atoms with Crippen molar-refractivity contribution < 1.29 is 22.9 Å². The Labute approximate surface area is 163 Å². The summed E-state index contributed by atoms with van der Waals surface area (Å²) in [5.41, 5.74) is -1.88. The standard InChI is InChI=1S/C20H16F3N3O3/c1-12(24-17-8-4-6-13-5-2-3-7-15(13)17)19(27)25-18-10-9-14(26(28)29)11-16(18)20(21,22)23/h2-12,24H,1H3,(H,25,27)/t12-/m1/s1. The fourth-order valence-corrected chi connectivity index (χ4v) is 2.88. The topological polar surface area (TPSA) is 84.3 Å². The molecule has 6 nitrogen and oxygen atoms in total. The van der Waals surface area contributed by atoms with Crippen LogP contribution < -0.4 is 10.6 Å². The minimum atomic E-state index is -4.86. The largest absolute Gasteiger partial charge is 0.418 e. The third-order valence-electron chi connectivity index (χ3n) is 4.33. The molecule has 1 amide bonds. The van der Waals surface area contributed by atoms with E-state index in [-0.39, 0.29) is 0 Å². The molecule has 0 spiro atoms. The molecular formula is C20H16F3N3O3. The van der Waals surface area contributed by atoms with E-state index >= 15 is 0 Å². The average molecular weight is 403 g/mol. The zero-order chi connectivity index (χ0) is 21.2. The summed E-state index contributed by atoms with van der Waals surface area (Å²) in [6.45, 7) is 1.51. The highest BCUT2D eigenvalue weighted by atomic mass is 19.4. The number of carbonyl (C=O) groups is 1. The van der Waals surface area contributed by atoms with Gasteiger partial charge in [0.15, 0.2) is 0 Å². The minimum Gasteiger partial charge on any atom is -0.373 e. The van der Waals surface area contributed by atoms with Crippen LogP contribution in [0.5, 0.6) is 0 Å². The van der Waals surface area contributed by atoms with Gasteiger partial charge in [0.05, 0.1) is 16.2 Å². The summed E-state index contributed by atoms with van der Waals surface area (Å²) in [4.78, 5) is 22.3. The van der Waals surface area contributed by atoms with Crippen molar-refractivity contribution in [3.63, 3.8) is 0 Å².